The van der Waals surface area contributed by atoms with Crippen LogP contribution in [0.5, 0.6) is 5.75 Å². The molecule has 13 heavy (non-hydrogen) atoms. The second kappa shape index (κ2) is 7.41. The monoisotopic (exact) mass is 178 g/mol. The Morgan fingerprint density at radius 2 is 2.08 bits per heavy atom. The highest BCUT2D eigenvalue weighted by Gasteiger charge is 1.88. The molecule has 0 spiro atoms. The second-order valence-electron chi connectivity index (χ2n) is 2.66. The average Bonchev–Trinajstić information content (AvgIpc) is 2.06. The van der Waals surface area contributed by atoms with Gasteiger partial charge in [-0.1, -0.05) is 18.2 Å². The van der Waals surface area contributed by atoms with Gasteiger partial charge in [0.05, 0.1) is 6.61 Å². The van der Waals surface area contributed by atoms with Gasteiger partial charge in [0, 0.05) is 0 Å². The second-order valence-corrected chi connectivity index (χ2v) is 2.66. The summed E-state index contributed by atoms with van der Waals surface area (Å²) in [7, 11) is 0. The predicted octanol–water partition coefficient (Wildman–Crippen LogP) is 3.59. The maximum absolute atomic E-state index is 5.29. The van der Waals surface area contributed by atoms with Crippen LogP contribution in [0.25, 0.3) is 0 Å². The summed E-state index contributed by atoms with van der Waals surface area (Å²) in [6, 6.07) is 8.06. The van der Waals surface area contributed by atoms with Gasteiger partial charge in [-0.3, -0.25) is 0 Å². The number of ether oxygens (including phenoxy) is 1. The highest BCUT2D eigenvalue weighted by atomic mass is 16.5. The molecule has 0 bridgehead atoms. The Labute approximate surface area is 81.1 Å². The number of allylic oxidation sites excluding steroid dienone is 1. The standard InChI is InChI=1S/C9H12O.C3H6/c1-3-10-9-6-4-5-8(2)7-9;1-3-2/h4-7H,3H2,1-2H3;3H,1H2,2H3. The van der Waals surface area contributed by atoms with E-state index in [1.165, 1.54) is 5.56 Å². The van der Waals surface area contributed by atoms with E-state index < -0.39 is 0 Å². The molecule has 1 aromatic carbocycles. The summed E-state index contributed by atoms with van der Waals surface area (Å²) in [5.41, 5.74) is 1.24. The minimum absolute atomic E-state index is 0.740. The van der Waals surface area contributed by atoms with Gasteiger partial charge in [0.2, 0.25) is 0 Å². The van der Waals surface area contributed by atoms with E-state index in [0.717, 1.165) is 12.4 Å². The normalized spacial score (nSPS) is 8.23. The highest BCUT2D eigenvalue weighted by Crippen LogP contribution is 2.11. The molecular weight excluding hydrogens is 160 g/mol. The molecule has 1 nitrogen and oxygen atoms in total. The van der Waals surface area contributed by atoms with E-state index in [9.17, 15) is 0 Å². The summed E-state index contributed by atoms with van der Waals surface area (Å²) in [4.78, 5) is 0. The topological polar surface area (TPSA) is 9.23 Å². The van der Waals surface area contributed by atoms with Crippen LogP contribution in [-0.4, -0.2) is 6.61 Å². The minimum Gasteiger partial charge on any atom is -0.494 e. The van der Waals surface area contributed by atoms with Gasteiger partial charge in [-0.15, -0.1) is 6.58 Å². The first-order valence-electron chi connectivity index (χ1n) is 4.51. The van der Waals surface area contributed by atoms with Crippen molar-refractivity contribution in [3.8, 4) is 5.75 Å². The van der Waals surface area contributed by atoms with Crippen LogP contribution in [-0.2, 0) is 0 Å². The molecule has 0 aliphatic rings. The van der Waals surface area contributed by atoms with Crippen LogP contribution >= 0.6 is 0 Å². The largest absolute Gasteiger partial charge is 0.494 e. The number of hydrogen-bond donors (Lipinski definition) is 0. The molecule has 0 radical (unpaired) electrons. The van der Waals surface area contributed by atoms with Crippen LogP contribution in [0.3, 0.4) is 0 Å². The summed E-state index contributed by atoms with van der Waals surface area (Å²) >= 11 is 0. The number of hydrogen-bond acceptors (Lipinski definition) is 1. The van der Waals surface area contributed by atoms with E-state index in [-0.39, 0.29) is 0 Å². The van der Waals surface area contributed by atoms with Crippen molar-refractivity contribution >= 4 is 0 Å². The SMILES string of the molecule is C=CC.CCOc1cccc(C)c1. The molecule has 1 heteroatoms. The lowest BCUT2D eigenvalue weighted by molar-refractivity contribution is 0.340. The predicted molar refractivity (Wildman–Crippen MR) is 58.2 cm³/mol. The third-order valence-electron chi connectivity index (χ3n) is 1.30. The van der Waals surface area contributed by atoms with Crippen LogP contribution in [0.1, 0.15) is 19.4 Å². The van der Waals surface area contributed by atoms with Crippen LogP contribution in [0.2, 0.25) is 0 Å². The molecular formula is C12H18O. The van der Waals surface area contributed by atoms with Crippen molar-refractivity contribution < 1.29 is 4.74 Å². The summed E-state index contributed by atoms with van der Waals surface area (Å²) in [6.45, 7) is 10.0. The first-order chi connectivity index (χ1) is 6.24. The van der Waals surface area contributed by atoms with E-state index in [4.69, 9.17) is 4.74 Å². The summed E-state index contributed by atoms with van der Waals surface area (Å²) in [5.74, 6) is 0.961. The van der Waals surface area contributed by atoms with Gasteiger partial charge in [0.1, 0.15) is 5.75 Å². The summed E-state index contributed by atoms with van der Waals surface area (Å²) in [6.07, 6.45) is 1.75. The van der Waals surface area contributed by atoms with E-state index in [1.807, 2.05) is 32.0 Å². The van der Waals surface area contributed by atoms with Gasteiger partial charge in [0.25, 0.3) is 0 Å². The first-order valence-corrected chi connectivity index (χ1v) is 4.51. The maximum atomic E-state index is 5.29. The van der Waals surface area contributed by atoms with Crippen LogP contribution in [0, 0.1) is 6.92 Å². The Bertz CT molecular complexity index is 241. The molecule has 0 heterocycles. The van der Waals surface area contributed by atoms with Crippen molar-refractivity contribution in [1.29, 1.82) is 0 Å². The van der Waals surface area contributed by atoms with Gasteiger partial charge in [0.15, 0.2) is 0 Å². The molecule has 0 fully saturated rings. The van der Waals surface area contributed by atoms with Gasteiger partial charge < -0.3 is 4.74 Å². The molecule has 0 saturated heterocycles. The van der Waals surface area contributed by atoms with Crippen LogP contribution in [0.4, 0.5) is 0 Å². The Balaban J connectivity index is 0.000000424. The quantitative estimate of drug-likeness (QED) is 0.629. The summed E-state index contributed by atoms with van der Waals surface area (Å²) in [5, 5.41) is 0. The van der Waals surface area contributed by atoms with E-state index >= 15 is 0 Å². The number of rotatable bonds is 2. The van der Waals surface area contributed by atoms with Crippen molar-refractivity contribution in [2.45, 2.75) is 20.8 Å². The molecule has 0 aromatic heterocycles. The Hall–Kier alpha value is -1.24. The van der Waals surface area contributed by atoms with Crippen LogP contribution < -0.4 is 4.74 Å². The van der Waals surface area contributed by atoms with Crippen molar-refractivity contribution in [1.82, 2.24) is 0 Å². The zero-order valence-corrected chi connectivity index (χ0v) is 8.71. The Morgan fingerprint density at radius 1 is 1.46 bits per heavy atom. The fourth-order valence-corrected chi connectivity index (χ4v) is 0.872. The van der Waals surface area contributed by atoms with E-state index in [1.54, 1.807) is 6.08 Å². The van der Waals surface area contributed by atoms with Crippen LogP contribution in [0.15, 0.2) is 36.9 Å². The molecule has 1 aromatic rings. The molecule has 0 saturated carbocycles. The third kappa shape index (κ3) is 5.97. The lowest BCUT2D eigenvalue weighted by Crippen LogP contribution is -1.90. The van der Waals surface area contributed by atoms with E-state index in [0.29, 0.717) is 0 Å². The Morgan fingerprint density at radius 3 is 2.54 bits per heavy atom. The van der Waals surface area contributed by atoms with Gasteiger partial charge in [-0.05, 0) is 38.5 Å². The van der Waals surface area contributed by atoms with Gasteiger partial charge in [-0.25, -0.2) is 0 Å². The zero-order valence-electron chi connectivity index (χ0n) is 8.71. The van der Waals surface area contributed by atoms with Gasteiger partial charge in [-0.2, -0.15) is 0 Å². The smallest absolute Gasteiger partial charge is 0.119 e. The minimum atomic E-state index is 0.740. The number of benzene rings is 1. The third-order valence-corrected chi connectivity index (χ3v) is 1.30. The lowest BCUT2D eigenvalue weighted by atomic mass is 10.2. The molecule has 0 amide bonds. The maximum Gasteiger partial charge on any atom is 0.119 e. The molecule has 0 N–H and O–H groups in total. The zero-order chi connectivity index (χ0) is 10.1. The molecule has 0 aliphatic heterocycles. The molecule has 0 aliphatic carbocycles. The highest BCUT2D eigenvalue weighted by molar-refractivity contribution is 5.27. The molecule has 1 rings (SSSR count). The van der Waals surface area contributed by atoms with Crippen molar-refractivity contribution in [3.63, 3.8) is 0 Å². The first kappa shape index (κ1) is 11.8. The van der Waals surface area contributed by atoms with E-state index in [2.05, 4.69) is 19.6 Å². The molecule has 0 unspecified atom stereocenters. The molecule has 72 valence electrons. The van der Waals surface area contributed by atoms with Gasteiger partial charge >= 0.3 is 0 Å². The van der Waals surface area contributed by atoms with Crippen molar-refractivity contribution in [2.24, 2.45) is 0 Å². The summed E-state index contributed by atoms with van der Waals surface area (Å²) < 4.78 is 5.29. The van der Waals surface area contributed by atoms with Crippen molar-refractivity contribution in [3.05, 3.63) is 42.5 Å². The van der Waals surface area contributed by atoms with Crippen molar-refractivity contribution in [2.75, 3.05) is 6.61 Å². The number of aryl methyl sites for hydroxylation is 1. The fourth-order valence-electron chi connectivity index (χ4n) is 0.872. The Kier molecular flexibility index (Phi) is 6.70. The average molecular weight is 178 g/mol. The molecule has 0 atom stereocenters. The lowest BCUT2D eigenvalue weighted by Gasteiger charge is -2.01. The fraction of sp³-hybridized carbons (Fsp3) is 0.333.